The monoisotopic (exact) mass is 353 g/mol. The Labute approximate surface area is 154 Å². The van der Waals surface area contributed by atoms with Gasteiger partial charge in [0.1, 0.15) is 11.3 Å². The molecule has 26 heavy (non-hydrogen) atoms. The summed E-state index contributed by atoms with van der Waals surface area (Å²) >= 11 is 0. The Hall–Kier alpha value is -2.34. The van der Waals surface area contributed by atoms with Crippen LogP contribution in [0.25, 0.3) is 11.1 Å². The number of para-hydroxylation sites is 2. The molecule has 0 saturated carbocycles. The molecule has 1 aliphatic heterocycles. The summed E-state index contributed by atoms with van der Waals surface area (Å²) in [7, 11) is 4.24. The van der Waals surface area contributed by atoms with Gasteiger partial charge in [-0.3, -0.25) is 0 Å². The van der Waals surface area contributed by atoms with Crippen LogP contribution < -0.4 is 4.90 Å². The van der Waals surface area contributed by atoms with Gasteiger partial charge in [0.15, 0.2) is 5.58 Å². The molecule has 0 aliphatic carbocycles. The fraction of sp³-hybridized carbons (Fsp3) is 0.500. The summed E-state index contributed by atoms with van der Waals surface area (Å²) in [5.74, 6) is 1.62. The molecular formula is C20H27N5O. The molecule has 1 aliphatic rings. The Kier molecular flexibility index (Phi) is 4.93. The lowest BCUT2D eigenvalue weighted by Crippen LogP contribution is -2.35. The number of aryl methyl sites for hydroxylation is 1. The molecule has 0 unspecified atom stereocenters. The summed E-state index contributed by atoms with van der Waals surface area (Å²) in [4.78, 5) is 13.8. The summed E-state index contributed by atoms with van der Waals surface area (Å²) in [6.07, 6.45) is 7.49. The van der Waals surface area contributed by atoms with Crippen molar-refractivity contribution >= 4 is 17.1 Å². The van der Waals surface area contributed by atoms with E-state index in [0.717, 1.165) is 56.1 Å². The number of piperidine rings is 1. The molecule has 4 rings (SSSR count). The normalized spacial score (nSPS) is 18.1. The highest BCUT2D eigenvalue weighted by Gasteiger charge is 2.27. The predicted molar refractivity (Wildman–Crippen MR) is 104 cm³/mol. The lowest BCUT2D eigenvalue weighted by atomic mass is 9.97. The van der Waals surface area contributed by atoms with Gasteiger partial charge >= 0.3 is 0 Å². The van der Waals surface area contributed by atoms with Crippen LogP contribution in [-0.4, -0.2) is 53.2 Å². The first-order valence-corrected chi connectivity index (χ1v) is 9.47. The maximum absolute atomic E-state index is 5.98. The fourth-order valence-electron chi connectivity index (χ4n) is 3.78. The molecule has 3 aromatic rings. The Morgan fingerprint density at radius 1 is 1.27 bits per heavy atom. The third-order valence-electron chi connectivity index (χ3n) is 5.09. The van der Waals surface area contributed by atoms with Crippen LogP contribution in [0.1, 0.15) is 31.0 Å². The van der Waals surface area contributed by atoms with Crippen LogP contribution in [0.15, 0.2) is 41.1 Å². The van der Waals surface area contributed by atoms with Gasteiger partial charge in [-0.05, 0) is 52.0 Å². The Bertz CT molecular complexity index is 820. The van der Waals surface area contributed by atoms with Gasteiger partial charge in [-0.15, -0.1) is 0 Å². The van der Waals surface area contributed by atoms with Gasteiger partial charge < -0.3 is 18.8 Å². The molecule has 1 aromatic carbocycles. The quantitative estimate of drug-likeness (QED) is 0.680. The average molecular weight is 353 g/mol. The molecule has 1 atom stereocenters. The van der Waals surface area contributed by atoms with E-state index in [1.165, 1.54) is 12.2 Å². The minimum Gasteiger partial charge on any atom is -0.423 e. The molecule has 0 N–H and O–H groups in total. The van der Waals surface area contributed by atoms with Crippen molar-refractivity contribution in [3.05, 3.63) is 42.5 Å². The van der Waals surface area contributed by atoms with Gasteiger partial charge in [-0.1, -0.05) is 12.1 Å². The Balaban J connectivity index is 1.48. The second kappa shape index (κ2) is 7.50. The average Bonchev–Trinajstić information content (AvgIpc) is 3.28. The number of nitrogens with zero attached hydrogens (tertiary/aromatic N) is 5. The van der Waals surface area contributed by atoms with E-state index in [4.69, 9.17) is 4.42 Å². The predicted octanol–water partition coefficient (Wildman–Crippen LogP) is 3.36. The molecule has 0 amide bonds. The lowest BCUT2D eigenvalue weighted by molar-refractivity contribution is 0.379. The standard InChI is InChI=1S/C20H27N5O/c1-23(2)11-6-13-24-14-10-21-19(24)16-7-5-12-25(15-16)20-22-17-8-3-4-9-18(17)26-20/h3-4,8-10,14,16H,5-7,11-13,15H2,1-2H3/t16-/m1/s1. The molecule has 1 saturated heterocycles. The van der Waals surface area contributed by atoms with Gasteiger partial charge in [-0.25, -0.2) is 4.98 Å². The molecule has 2 aromatic heterocycles. The van der Waals surface area contributed by atoms with Crippen molar-refractivity contribution in [1.29, 1.82) is 0 Å². The zero-order chi connectivity index (χ0) is 17.9. The van der Waals surface area contributed by atoms with Crippen molar-refractivity contribution in [3.63, 3.8) is 0 Å². The van der Waals surface area contributed by atoms with Crippen molar-refractivity contribution < 1.29 is 4.42 Å². The fourth-order valence-corrected chi connectivity index (χ4v) is 3.78. The van der Waals surface area contributed by atoms with E-state index in [2.05, 4.69) is 44.6 Å². The maximum Gasteiger partial charge on any atom is 0.298 e. The second-order valence-corrected chi connectivity index (χ2v) is 7.38. The number of anilines is 1. The van der Waals surface area contributed by atoms with Crippen molar-refractivity contribution in [2.24, 2.45) is 0 Å². The third kappa shape index (κ3) is 3.60. The van der Waals surface area contributed by atoms with Gasteiger partial charge in [0.05, 0.1) is 0 Å². The smallest absolute Gasteiger partial charge is 0.298 e. The maximum atomic E-state index is 5.98. The first-order valence-electron chi connectivity index (χ1n) is 9.47. The van der Waals surface area contributed by atoms with Crippen molar-refractivity contribution in [3.8, 4) is 0 Å². The van der Waals surface area contributed by atoms with E-state index in [1.807, 2.05) is 30.5 Å². The number of hydrogen-bond donors (Lipinski definition) is 0. The minimum absolute atomic E-state index is 0.424. The summed E-state index contributed by atoms with van der Waals surface area (Å²) in [6.45, 7) is 4.02. The highest BCUT2D eigenvalue weighted by atomic mass is 16.4. The second-order valence-electron chi connectivity index (χ2n) is 7.38. The van der Waals surface area contributed by atoms with Gasteiger partial charge in [0.25, 0.3) is 6.01 Å². The van der Waals surface area contributed by atoms with E-state index < -0.39 is 0 Å². The minimum atomic E-state index is 0.424. The van der Waals surface area contributed by atoms with Gasteiger partial charge in [0.2, 0.25) is 0 Å². The highest BCUT2D eigenvalue weighted by molar-refractivity contribution is 5.74. The van der Waals surface area contributed by atoms with Crippen molar-refractivity contribution in [2.75, 3.05) is 38.6 Å². The van der Waals surface area contributed by atoms with Crippen molar-refractivity contribution in [1.82, 2.24) is 19.4 Å². The van der Waals surface area contributed by atoms with E-state index in [9.17, 15) is 0 Å². The van der Waals surface area contributed by atoms with E-state index in [1.54, 1.807) is 0 Å². The van der Waals surface area contributed by atoms with Crippen molar-refractivity contribution in [2.45, 2.75) is 31.7 Å². The van der Waals surface area contributed by atoms with Crippen LogP contribution >= 0.6 is 0 Å². The highest BCUT2D eigenvalue weighted by Crippen LogP contribution is 2.30. The van der Waals surface area contributed by atoms with Crippen LogP contribution in [0.5, 0.6) is 0 Å². The van der Waals surface area contributed by atoms with Crippen LogP contribution in [0.3, 0.4) is 0 Å². The third-order valence-corrected chi connectivity index (χ3v) is 5.09. The number of rotatable bonds is 6. The lowest BCUT2D eigenvalue weighted by Gasteiger charge is -2.31. The molecule has 138 valence electrons. The number of fused-ring (bicyclic) bond motifs is 1. The molecule has 6 heteroatoms. The van der Waals surface area contributed by atoms with Crippen LogP contribution in [-0.2, 0) is 6.54 Å². The topological polar surface area (TPSA) is 50.3 Å². The number of imidazole rings is 1. The summed E-state index contributed by atoms with van der Waals surface area (Å²) < 4.78 is 8.30. The summed E-state index contributed by atoms with van der Waals surface area (Å²) in [5, 5.41) is 0. The van der Waals surface area contributed by atoms with Crippen LogP contribution in [0, 0.1) is 0 Å². The van der Waals surface area contributed by atoms with Crippen LogP contribution in [0.2, 0.25) is 0 Å². The molecular weight excluding hydrogens is 326 g/mol. The van der Waals surface area contributed by atoms with E-state index >= 15 is 0 Å². The molecule has 6 nitrogen and oxygen atoms in total. The van der Waals surface area contributed by atoms with Gasteiger partial charge in [-0.2, -0.15) is 4.98 Å². The largest absolute Gasteiger partial charge is 0.423 e. The Morgan fingerprint density at radius 3 is 3.00 bits per heavy atom. The molecule has 1 fully saturated rings. The molecule has 3 heterocycles. The number of oxazole rings is 1. The number of hydrogen-bond acceptors (Lipinski definition) is 5. The summed E-state index contributed by atoms with van der Waals surface area (Å²) in [5.41, 5.74) is 1.78. The molecule has 0 bridgehead atoms. The van der Waals surface area contributed by atoms with Gasteiger partial charge in [0, 0.05) is 37.9 Å². The first kappa shape index (κ1) is 17.1. The van der Waals surface area contributed by atoms with E-state index in [0.29, 0.717) is 5.92 Å². The number of aromatic nitrogens is 3. The SMILES string of the molecule is CN(C)CCCn1ccnc1[C@@H]1CCCN(c2nc3ccccc3o2)C1. The zero-order valence-electron chi connectivity index (χ0n) is 15.6. The summed E-state index contributed by atoms with van der Waals surface area (Å²) in [6, 6.07) is 8.70. The first-order chi connectivity index (χ1) is 12.7. The molecule has 0 spiro atoms. The Morgan fingerprint density at radius 2 is 2.15 bits per heavy atom. The number of benzene rings is 1. The molecule has 0 radical (unpaired) electrons. The van der Waals surface area contributed by atoms with E-state index in [-0.39, 0.29) is 0 Å². The van der Waals surface area contributed by atoms with Crippen LogP contribution in [0.4, 0.5) is 6.01 Å². The zero-order valence-corrected chi connectivity index (χ0v) is 15.6.